The summed E-state index contributed by atoms with van der Waals surface area (Å²) >= 11 is 0. The number of aliphatic hydroxyl groups is 1. The summed E-state index contributed by atoms with van der Waals surface area (Å²) in [6, 6.07) is 0.618. The van der Waals surface area contributed by atoms with Crippen molar-refractivity contribution in [2.75, 3.05) is 39.4 Å². The number of nitrogens with zero attached hydrogens (tertiary/aromatic N) is 2. The maximum atomic E-state index is 13.4. The van der Waals surface area contributed by atoms with Crippen LogP contribution in [0.5, 0.6) is 0 Å². The Labute approximate surface area is 188 Å². The molecular weight excluding hydrogens is 392 g/mol. The van der Waals surface area contributed by atoms with Gasteiger partial charge in [-0.3, -0.25) is 4.79 Å². The second-order valence-electron chi connectivity index (χ2n) is 10.5. The molecule has 1 amide bonds. The first kappa shape index (κ1) is 24.5. The lowest BCUT2D eigenvalue weighted by Crippen LogP contribution is -2.49. The lowest BCUT2D eigenvalue weighted by molar-refractivity contribution is -0.182. The highest BCUT2D eigenvalue weighted by molar-refractivity contribution is 5.91. The number of rotatable bonds is 7. The third-order valence-electron chi connectivity index (χ3n) is 7.28. The van der Waals surface area contributed by atoms with E-state index in [0.717, 1.165) is 32.4 Å². The second-order valence-corrected chi connectivity index (χ2v) is 10.5. The number of hydrogen-bond acceptors (Lipinski definition) is 5. The van der Waals surface area contributed by atoms with Gasteiger partial charge in [0.15, 0.2) is 5.76 Å². The summed E-state index contributed by atoms with van der Waals surface area (Å²) in [7, 11) is 0. The molecule has 6 nitrogen and oxygen atoms in total. The van der Waals surface area contributed by atoms with Crippen LogP contribution in [0.2, 0.25) is 0 Å². The lowest BCUT2D eigenvalue weighted by atomic mass is 9.70. The molecule has 178 valence electrons. The molecule has 3 aliphatic rings. The van der Waals surface area contributed by atoms with Crippen LogP contribution in [0.25, 0.3) is 0 Å². The summed E-state index contributed by atoms with van der Waals surface area (Å²) in [6.07, 6.45) is 9.23. The Morgan fingerprint density at radius 3 is 2.42 bits per heavy atom. The average molecular weight is 437 g/mol. The first-order valence-corrected chi connectivity index (χ1v) is 12.5. The number of carbonyl (C=O) groups excluding carboxylic acids is 1. The van der Waals surface area contributed by atoms with Crippen LogP contribution in [0.15, 0.2) is 11.8 Å². The molecule has 3 atom stereocenters. The molecule has 31 heavy (non-hydrogen) atoms. The van der Waals surface area contributed by atoms with Gasteiger partial charge in [0.25, 0.3) is 5.91 Å². The third-order valence-corrected chi connectivity index (χ3v) is 7.28. The molecular formula is C25H44N2O4. The largest absolute Gasteiger partial charge is 0.459 e. The number of amides is 1. The van der Waals surface area contributed by atoms with Crippen LogP contribution >= 0.6 is 0 Å². The fourth-order valence-electron chi connectivity index (χ4n) is 5.56. The summed E-state index contributed by atoms with van der Waals surface area (Å²) in [5.74, 6) is 0.759. The van der Waals surface area contributed by atoms with Gasteiger partial charge in [0.1, 0.15) is 0 Å². The molecule has 0 saturated carbocycles. The molecule has 6 heteroatoms. The van der Waals surface area contributed by atoms with Gasteiger partial charge in [0.05, 0.1) is 0 Å². The second kappa shape index (κ2) is 11.2. The van der Waals surface area contributed by atoms with E-state index >= 15 is 0 Å². The van der Waals surface area contributed by atoms with Gasteiger partial charge in [-0.1, -0.05) is 27.2 Å². The van der Waals surface area contributed by atoms with Gasteiger partial charge in [0, 0.05) is 38.3 Å². The van der Waals surface area contributed by atoms with Gasteiger partial charge in [-0.05, 0) is 75.9 Å². The fraction of sp³-hybridized carbons (Fsp3) is 0.880. The molecule has 2 fully saturated rings. The monoisotopic (exact) mass is 436 g/mol. The van der Waals surface area contributed by atoms with E-state index < -0.39 is 6.29 Å². The number of allylic oxidation sites excluding steroid dienone is 1. The number of piperidine rings is 2. The van der Waals surface area contributed by atoms with Crippen molar-refractivity contribution in [3.8, 4) is 0 Å². The average Bonchev–Trinajstić information content (AvgIpc) is 2.77. The molecule has 0 aromatic heterocycles. The minimum atomic E-state index is -0.435. The molecule has 0 aromatic carbocycles. The molecule has 0 bridgehead atoms. The van der Waals surface area contributed by atoms with Crippen molar-refractivity contribution in [1.82, 2.24) is 9.80 Å². The van der Waals surface area contributed by atoms with Crippen molar-refractivity contribution in [2.24, 2.45) is 17.3 Å². The summed E-state index contributed by atoms with van der Waals surface area (Å²) in [5.41, 5.74) is -0.0218. The van der Waals surface area contributed by atoms with Crippen molar-refractivity contribution in [3.05, 3.63) is 11.8 Å². The highest BCUT2D eigenvalue weighted by Crippen LogP contribution is 2.43. The first-order valence-electron chi connectivity index (χ1n) is 12.5. The minimum Gasteiger partial charge on any atom is -0.459 e. The van der Waals surface area contributed by atoms with E-state index in [1.54, 1.807) is 0 Å². The molecule has 1 N–H and O–H groups in total. The molecule has 0 spiro atoms. The fourth-order valence-corrected chi connectivity index (χ4v) is 5.56. The number of aliphatic hydroxyl groups excluding tert-OH is 1. The van der Waals surface area contributed by atoms with Crippen LogP contribution < -0.4 is 0 Å². The van der Waals surface area contributed by atoms with Gasteiger partial charge in [-0.15, -0.1) is 0 Å². The maximum Gasteiger partial charge on any atom is 0.288 e. The van der Waals surface area contributed by atoms with E-state index in [1.807, 2.05) is 11.8 Å². The maximum absolute atomic E-state index is 13.4. The van der Waals surface area contributed by atoms with Gasteiger partial charge >= 0.3 is 0 Å². The Balaban J connectivity index is 1.69. The summed E-state index contributed by atoms with van der Waals surface area (Å²) in [5, 5.41) is 9.37. The van der Waals surface area contributed by atoms with Crippen LogP contribution in [-0.4, -0.2) is 72.5 Å². The normalized spacial score (nSPS) is 28.9. The predicted molar refractivity (Wildman–Crippen MR) is 122 cm³/mol. The number of ether oxygens (including phenoxy) is 2. The van der Waals surface area contributed by atoms with E-state index in [0.29, 0.717) is 24.8 Å². The Morgan fingerprint density at radius 2 is 1.84 bits per heavy atom. The zero-order chi connectivity index (χ0) is 22.4. The number of carbonyl (C=O) groups is 1. The molecule has 3 aliphatic heterocycles. The van der Waals surface area contributed by atoms with Crippen LogP contribution in [0, 0.1) is 17.3 Å². The quantitative estimate of drug-likeness (QED) is 0.658. The standard InChI is InChI=1S/C25H44N2O4/c1-5-30-24-20(10-9-17-28)21(25(2,3)4)18-22(31-24)23(29)27-15-11-19(12-16-27)26-13-7-6-8-14-26/h18-21,24,28H,5-17H2,1-4H3/t20-,21+,24-/m0/s1. The Morgan fingerprint density at radius 1 is 1.16 bits per heavy atom. The van der Waals surface area contributed by atoms with Gasteiger partial charge in [0.2, 0.25) is 6.29 Å². The lowest BCUT2D eigenvalue weighted by Gasteiger charge is -2.44. The smallest absolute Gasteiger partial charge is 0.288 e. The number of likely N-dealkylation sites (tertiary alicyclic amines) is 2. The molecule has 2 saturated heterocycles. The topological polar surface area (TPSA) is 62.2 Å². The zero-order valence-corrected chi connectivity index (χ0v) is 20.1. The number of hydrogen-bond donors (Lipinski definition) is 1. The summed E-state index contributed by atoms with van der Waals surface area (Å²) in [4.78, 5) is 18.0. The van der Waals surface area contributed by atoms with Gasteiger partial charge in [-0.2, -0.15) is 0 Å². The van der Waals surface area contributed by atoms with Gasteiger partial charge < -0.3 is 24.4 Å². The van der Waals surface area contributed by atoms with Crippen molar-refractivity contribution in [3.63, 3.8) is 0 Å². The Kier molecular flexibility index (Phi) is 8.82. The van der Waals surface area contributed by atoms with E-state index in [2.05, 4.69) is 31.7 Å². The van der Waals surface area contributed by atoms with Crippen molar-refractivity contribution >= 4 is 5.91 Å². The Hall–Kier alpha value is -1.11. The molecule has 3 rings (SSSR count). The van der Waals surface area contributed by atoms with Gasteiger partial charge in [-0.25, -0.2) is 0 Å². The van der Waals surface area contributed by atoms with Crippen LogP contribution in [0.1, 0.15) is 72.6 Å². The Bertz CT molecular complexity index is 601. The summed E-state index contributed by atoms with van der Waals surface area (Å²) in [6.45, 7) is 13.3. The van der Waals surface area contributed by atoms with Crippen molar-refractivity contribution in [2.45, 2.75) is 85.0 Å². The first-order chi connectivity index (χ1) is 14.8. The van der Waals surface area contributed by atoms with Crippen molar-refractivity contribution in [1.29, 1.82) is 0 Å². The zero-order valence-electron chi connectivity index (χ0n) is 20.1. The van der Waals surface area contributed by atoms with E-state index in [9.17, 15) is 9.90 Å². The molecule has 0 aliphatic carbocycles. The minimum absolute atomic E-state index is 0.0108. The highest BCUT2D eigenvalue weighted by atomic mass is 16.7. The predicted octanol–water partition coefficient (Wildman–Crippen LogP) is 3.79. The van der Waals surface area contributed by atoms with E-state index in [1.165, 1.54) is 32.4 Å². The van der Waals surface area contributed by atoms with Crippen LogP contribution in [0.4, 0.5) is 0 Å². The van der Waals surface area contributed by atoms with Crippen molar-refractivity contribution < 1.29 is 19.4 Å². The molecule has 0 aromatic rings. The summed E-state index contributed by atoms with van der Waals surface area (Å²) < 4.78 is 12.1. The van der Waals surface area contributed by atoms with E-state index in [4.69, 9.17) is 9.47 Å². The van der Waals surface area contributed by atoms with E-state index in [-0.39, 0.29) is 29.8 Å². The molecule has 0 radical (unpaired) electrons. The molecule has 0 unspecified atom stereocenters. The van der Waals surface area contributed by atoms with Crippen LogP contribution in [-0.2, 0) is 14.3 Å². The SMILES string of the molecule is CCO[C@H]1OC(C(=O)N2CCC(N3CCCCC3)CC2)=C[C@@H](C(C)(C)C)[C@@H]1CCCO. The molecule has 3 heterocycles. The highest BCUT2D eigenvalue weighted by Gasteiger charge is 2.43. The van der Waals surface area contributed by atoms with Crippen LogP contribution in [0.3, 0.4) is 0 Å². The third kappa shape index (κ3) is 6.23.